The summed E-state index contributed by atoms with van der Waals surface area (Å²) in [5, 5.41) is 13.6. The lowest BCUT2D eigenvalue weighted by atomic mass is 10.0. The number of aryl methyl sites for hydroxylation is 3. The molecule has 0 spiro atoms. The molecule has 0 radical (unpaired) electrons. The van der Waals surface area contributed by atoms with Crippen LogP contribution in [-0.2, 0) is 24.2 Å². The Labute approximate surface area is 165 Å². The average molecular weight is 376 g/mol. The predicted molar refractivity (Wildman–Crippen MR) is 110 cm³/mol. The Kier molecular flexibility index (Phi) is 6.73. The number of aliphatic carboxylic acids is 1. The molecule has 0 aliphatic carbocycles. The zero-order valence-electron chi connectivity index (χ0n) is 15.9. The number of carboxylic acid groups (broad SMARTS) is 1. The molecule has 5 heteroatoms. The van der Waals surface area contributed by atoms with Gasteiger partial charge < -0.3 is 5.11 Å². The molecule has 0 saturated carbocycles. The number of anilines is 1. The first-order valence-electron chi connectivity index (χ1n) is 9.64. The number of hydrogen-bond acceptors (Lipinski definition) is 3. The lowest BCUT2D eigenvalue weighted by molar-refractivity contribution is -0.740. The summed E-state index contributed by atoms with van der Waals surface area (Å²) in [6.07, 6.45) is 3.43. The van der Waals surface area contributed by atoms with E-state index in [9.17, 15) is 4.79 Å². The molecule has 5 nitrogen and oxygen atoms in total. The Morgan fingerprint density at radius 3 is 2.32 bits per heavy atom. The van der Waals surface area contributed by atoms with Gasteiger partial charge in [0.05, 0.1) is 0 Å². The summed E-state index contributed by atoms with van der Waals surface area (Å²) in [5.74, 6) is -0.181. The molecule has 28 heavy (non-hydrogen) atoms. The third-order valence-corrected chi connectivity index (χ3v) is 4.73. The molecular formula is C23H26N3O2+. The zero-order chi connectivity index (χ0) is 19.8. The Balaban J connectivity index is 1.81. The van der Waals surface area contributed by atoms with E-state index in [-0.39, 0.29) is 6.42 Å². The van der Waals surface area contributed by atoms with E-state index < -0.39 is 5.97 Å². The number of carbonyl (C=O) groups is 1. The van der Waals surface area contributed by atoms with Gasteiger partial charge in [-0.1, -0.05) is 65.8 Å². The highest BCUT2D eigenvalue weighted by Crippen LogP contribution is 2.20. The molecule has 0 atom stereocenters. The summed E-state index contributed by atoms with van der Waals surface area (Å²) in [6.45, 7) is 0.491. The number of hydrogen-bond donors (Lipinski definition) is 2. The largest absolute Gasteiger partial charge is 0.481 e. The smallest absolute Gasteiger partial charge is 0.303 e. The van der Waals surface area contributed by atoms with Crippen molar-refractivity contribution in [3.8, 4) is 11.3 Å². The van der Waals surface area contributed by atoms with E-state index >= 15 is 0 Å². The minimum absolute atomic E-state index is 0.104. The Hall–Kier alpha value is -3.21. The molecule has 144 valence electrons. The molecule has 2 aromatic carbocycles. The van der Waals surface area contributed by atoms with Crippen molar-refractivity contribution in [1.29, 1.82) is 0 Å². The van der Waals surface area contributed by atoms with E-state index in [1.807, 2.05) is 36.4 Å². The molecule has 0 bridgehead atoms. The van der Waals surface area contributed by atoms with Crippen LogP contribution < -0.4 is 10.4 Å². The highest BCUT2D eigenvalue weighted by Gasteiger charge is 2.16. The fourth-order valence-corrected chi connectivity index (χ4v) is 3.25. The lowest BCUT2D eigenvalue weighted by Crippen LogP contribution is -2.42. The first-order chi connectivity index (χ1) is 13.6. The molecule has 1 aromatic heterocycles. The summed E-state index contributed by atoms with van der Waals surface area (Å²) < 4.78 is 1.75. The van der Waals surface area contributed by atoms with Gasteiger partial charge in [-0.25, -0.2) is 0 Å². The van der Waals surface area contributed by atoms with Gasteiger partial charge in [0.25, 0.3) is 5.82 Å². The molecule has 0 unspecified atom stereocenters. The predicted octanol–water partition coefficient (Wildman–Crippen LogP) is 3.66. The first kappa shape index (κ1) is 19.5. The molecule has 3 aromatic rings. The van der Waals surface area contributed by atoms with Gasteiger partial charge >= 0.3 is 5.97 Å². The van der Waals surface area contributed by atoms with Gasteiger partial charge in [0.1, 0.15) is 12.2 Å². The second kappa shape index (κ2) is 9.65. The van der Waals surface area contributed by atoms with Crippen LogP contribution in [0.25, 0.3) is 11.3 Å². The maximum Gasteiger partial charge on any atom is 0.303 e. The number of benzene rings is 2. The fourth-order valence-electron chi connectivity index (χ4n) is 3.25. The van der Waals surface area contributed by atoms with Gasteiger partial charge in [0.15, 0.2) is 0 Å². The number of carboxylic acids is 1. The van der Waals surface area contributed by atoms with E-state index in [0.29, 0.717) is 18.8 Å². The standard InChI is InChI=1S/C23H25N3O2/c24-23-20(14-7-11-18-9-3-1-4-10-18)17-21(19-12-5-2-6-13-19)25-26(23)16-8-15-22(27)28/h1-6,9-10,12-13,17,24H,7-8,11,14-16H2,(H,27,28)/p+1. The molecule has 0 amide bonds. The minimum atomic E-state index is -0.804. The number of nitrogen functional groups attached to an aromatic ring is 1. The quantitative estimate of drug-likeness (QED) is 0.559. The van der Waals surface area contributed by atoms with Crippen molar-refractivity contribution in [2.24, 2.45) is 0 Å². The third-order valence-electron chi connectivity index (χ3n) is 4.73. The summed E-state index contributed by atoms with van der Waals surface area (Å²) in [6, 6.07) is 22.5. The van der Waals surface area contributed by atoms with Gasteiger partial charge in [-0.3, -0.25) is 10.5 Å². The Morgan fingerprint density at radius 1 is 0.964 bits per heavy atom. The van der Waals surface area contributed by atoms with E-state index in [1.165, 1.54) is 5.56 Å². The second-order valence-corrected chi connectivity index (χ2v) is 6.87. The minimum Gasteiger partial charge on any atom is -0.481 e. The van der Waals surface area contributed by atoms with Crippen molar-refractivity contribution in [2.75, 3.05) is 5.73 Å². The van der Waals surface area contributed by atoms with Crippen LogP contribution in [0.2, 0.25) is 0 Å². The maximum atomic E-state index is 10.8. The topological polar surface area (TPSA) is 80.1 Å². The van der Waals surface area contributed by atoms with Crippen LogP contribution in [0, 0.1) is 0 Å². The molecular weight excluding hydrogens is 350 g/mol. The molecule has 0 aliphatic heterocycles. The van der Waals surface area contributed by atoms with Gasteiger partial charge in [-0.15, -0.1) is 4.68 Å². The molecule has 0 fully saturated rings. The van der Waals surface area contributed by atoms with Crippen LogP contribution in [0.4, 0.5) is 5.82 Å². The molecule has 3 N–H and O–H groups in total. The van der Waals surface area contributed by atoms with Crippen LogP contribution in [0.15, 0.2) is 66.7 Å². The van der Waals surface area contributed by atoms with Crippen LogP contribution in [0.3, 0.4) is 0 Å². The van der Waals surface area contributed by atoms with Crippen LogP contribution in [0.1, 0.15) is 30.4 Å². The average Bonchev–Trinajstić information content (AvgIpc) is 2.71. The summed E-state index contributed by atoms with van der Waals surface area (Å²) in [7, 11) is 0. The highest BCUT2D eigenvalue weighted by molar-refractivity contribution is 5.66. The molecule has 0 aliphatic rings. The first-order valence-corrected chi connectivity index (χ1v) is 9.64. The van der Waals surface area contributed by atoms with Crippen molar-refractivity contribution < 1.29 is 14.6 Å². The molecule has 1 heterocycles. The summed E-state index contributed by atoms with van der Waals surface area (Å²) >= 11 is 0. The monoisotopic (exact) mass is 376 g/mol. The number of nitrogens with two attached hydrogens (primary N) is 1. The highest BCUT2D eigenvalue weighted by atomic mass is 16.4. The van der Waals surface area contributed by atoms with Crippen molar-refractivity contribution >= 4 is 11.8 Å². The van der Waals surface area contributed by atoms with Gasteiger partial charge in [0, 0.05) is 17.5 Å². The second-order valence-electron chi connectivity index (χ2n) is 6.87. The lowest BCUT2D eigenvalue weighted by Gasteiger charge is -2.10. The van der Waals surface area contributed by atoms with E-state index in [0.717, 1.165) is 36.1 Å². The van der Waals surface area contributed by atoms with Gasteiger partial charge in [-0.2, -0.15) is 0 Å². The molecule has 0 saturated heterocycles. The van der Waals surface area contributed by atoms with Crippen molar-refractivity contribution in [2.45, 2.75) is 38.6 Å². The fraction of sp³-hybridized carbons (Fsp3) is 0.261. The van der Waals surface area contributed by atoms with E-state index in [1.54, 1.807) is 4.68 Å². The zero-order valence-corrected chi connectivity index (χ0v) is 15.9. The van der Waals surface area contributed by atoms with Crippen LogP contribution >= 0.6 is 0 Å². The summed E-state index contributed by atoms with van der Waals surface area (Å²) in [5.41, 5.74) is 10.6. The Morgan fingerprint density at radius 2 is 1.64 bits per heavy atom. The summed E-state index contributed by atoms with van der Waals surface area (Å²) in [4.78, 5) is 10.8. The van der Waals surface area contributed by atoms with E-state index in [2.05, 4.69) is 35.4 Å². The number of nitrogens with zero attached hydrogens (tertiary/aromatic N) is 2. The van der Waals surface area contributed by atoms with Crippen LogP contribution in [0.5, 0.6) is 0 Å². The number of rotatable bonds is 9. The SMILES string of the molecule is Nc1c(CCCc2ccccc2)cc(-c2ccccc2)n[n+]1CCCC(=O)O. The Bertz CT molecular complexity index is 912. The normalized spacial score (nSPS) is 10.7. The van der Waals surface area contributed by atoms with Gasteiger partial charge in [0.2, 0.25) is 0 Å². The van der Waals surface area contributed by atoms with Crippen molar-refractivity contribution in [1.82, 2.24) is 5.10 Å². The van der Waals surface area contributed by atoms with E-state index in [4.69, 9.17) is 10.8 Å². The van der Waals surface area contributed by atoms with Crippen LogP contribution in [-0.4, -0.2) is 16.2 Å². The van der Waals surface area contributed by atoms with Crippen molar-refractivity contribution in [3.05, 3.63) is 77.9 Å². The van der Waals surface area contributed by atoms with Crippen molar-refractivity contribution in [3.63, 3.8) is 0 Å². The number of aromatic nitrogens is 2. The van der Waals surface area contributed by atoms with Gasteiger partial charge in [-0.05, 0) is 37.3 Å². The molecule has 3 rings (SSSR count). The third kappa shape index (κ3) is 5.39. The maximum absolute atomic E-state index is 10.8.